The van der Waals surface area contributed by atoms with Crippen LogP contribution < -0.4 is 16.4 Å². The Balaban J connectivity index is 2.55. The predicted octanol–water partition coefficient (Wildman–Crippen LogP) is -0.702. The Labute approximate surface area is 118 Å². The van der Waals surface area contributed by atoms with E-state index in [2.05, 4.69) is 10.6 Å². The molecule has 1 aliphatic rings. The lowest BCUT2D eigenvalue weighted by molar-refractivity contribution is -0.135. The van der Waals surface area contributed by atoms with Crippen LogP contribution in [0, 0.1) is 5.92 Å². The second-order valence-electron chi connectivity index (χ2n) is 5.38. The number of rotatable bonds is 7. The van der Waals surface area contributed by atoms with Gasteiger partial charge in [0.25, 0.3) is 0 Å². The van der Waals surface area contributed by atoms with Gasteiger partial charge in [0.15, 0.2) is 0 Å². The lowest BCUT2D eigenvalue weighted by Gasteiger charge is -2.21. The fourth-order valence-corrected chi connectivity index (χ4v) is 2.05. The van der Waals surface area contributed by atoms with Gasteiger partial charge in [-0.3, -0.25) is 14.4 Å². The number of carbonyl (C=O) groups excluding carboxylic acids is 3. The summed E-state index contributed by atoms with van der Waals surface area (Å²) in [5.41, 5.74) is 4.98. The Morgan fingerprint density at radius 2 is 2.05 bits per heavy atom. The number of hydrogen-bond acceptors (Lipinski definition) is 4. The molecule has 4 N–H and O–H groups in total. The van der Waals surface area contributed by atoms with Gasteiger partial charge in [-0.2, -0.15) is 0 Å². The van der Waals surface area contributed by atoms with Crippen LogP contribution in [0.3, 0.4) is 0 Å². The molecule has 114 valence electrons. The zero-order valence-corrected chi connectivity index (χ0v) is 12.0. The highest BCUT2D eigenvalue weighted by Gasteiger charge is 2.28. The van der Waals surface area contributed by atoms with Gasteiger partial charge < -0.3 is 21.1 Å². The van der Waals surface area contributed by atoms with Crippen molar-refractivity contribution in [1.82, 2.24) is 10.6 Å². The molecule has 0 bridgehead atoms. The number of ether oxygens (including phenoxy) is 1. The highest BCUT2D eigenvalue weighted by Crippen LogP contribution is 2.13. The predicted molar refractivity (Wildman–Crippen MR) is 72.6 cm³/mol. The third kappa shape index (κ3) is 5.56. The maximum atomic E-state index is 12.0. The zero-order chi connectivity index (χ0) is 15.1. The maximum absolute atomic E-state index is 12.0. The minimum atomic E-state index is -0.675. The molecule has 7 heteroatoms. The van der Waals surface area contributed by atoms with E-state index in [0.717, 1.165) is 6.42 Å². The van der Waals surface area contributed by atoms with E-state index in [1.165, 1.54) is 0 Å². The molecule has 0 aliphatic carbocycles. The SMILES string of the molecule is CC(C)C[C@H](NC(=O)[C@H]1CCCO1)C(=O)NCC(N)=O. The zero-order valence-electron chi connectivity index (χ0n) is 12.0. The molecule has 0 aromatic carbocycles. The first-order valence-corrected chi connectivity index (χ1v) is 6.88. The van der Waals surface area contributed by atoms with Crippen molar-refractivity contribution < 1.29 is 19.1 Å². The van der Waals surface area contributed by atoms with Gasteiger partial charge in [0.2, 0.25) is 17.7 Å². The minimum absolute atomic E-state index is 0.226. The van der Waals surface area contributed by atoms with Crippen LogP contribution in [0.5, 0.6) is 0 Å². The maximum Gasteiger partial charge on any atom is 0.249 e. The van der Waals surface area contributed by atoms with E-state index in [1.807, 2.05) is 13.8 Å². The lowest BCUT2D eigenvalue weighted by Crippen LogP contribution is -2.51. The molecule has 0 unspecified atom stereocenters. The van der Waals surface area contributed by atoms with Crippen molar-refractivity contribution in [3.05, 3.63) is 0 Å². The summed E-state index contributed by atoms with van der Waals surface area (Å²) in [6.45, 7) is 4.24. The third-order valence-electron chi connectivity index (χ3n) is 3.00. The molecule has 1 fully saturated rings. The Hall–Kier alpha value is -1.63. The number of nitrogens with one attached hydrogen (secondary N) is 2. The molecule has 0 radical (unpaired) electrons. The molecule has 1 aliphatic heterocycles. The first-order valence-electron chi connectivity index (χ1n) is 6.88. The standard InChI is InChI=1S/C13H23N3O4/c1-8(2)6-9(12(18)15-7-11(14)17)16-13(19)10-4-3-5-20-10/h8-10H,3-7H2,1-2H3,(H2,14,17)(H,15,18)(H,16,19)/t9-,10+/m0/s1. The number of hydrogen-bond donors (Lipinski definition) is 3. The summed E-state index contributed by atoms with van der Waals surface area (Å²) in [7, 11) is 0. The average molecular weight is 285 g/mol. The van der Waals surface area contributed by atoms with Crippen molar-refractivity contribution in [2.75, 3.05) is 13.2 Å². The summed E-state index contributed by atoms with van der Waals surface area (Å²) >= 11 is 0. The van der Waals surface area contributed by atoms with Crippen LogP contribution >= 0.6 is 0 Å². The Bertz CT molecular complexity index is 365. The summed E-state index contributed by atoms with van der Waals surface area (Å²) in [5, 5.41) is 5.10. The summed E-state index contributed by atoms with van der Waals surface area (Å²) in [6.07, 6.45) is 1.53. The van der Waals surface area contributed by atoms with E-state index in [-0.39, 0.29) is 18.4 Å². The van der Waals surface area contributed by atoms with Gasteiger partial charge in [0.1, 0.15) is 12.1 Å². The lowest BCUT2D eigenvalue weighted by atomic mass is 10.0. The van der Waals surface area contributed by atoms with Crippen molar-refractivity contribution in [2.45, 2.75) is 45.3 Å². The van der Waals surface area contributed by atoms with Gasteiger partial charge in [-0.15, -0.1) is 0 Å². The quantitative estimate of drug-likeness (QED) is 0.574. The molecular formula is C13H23N3O4. The Kier molecular flexibility index (Phi) is 6.44. The molecule has 1 saturated heterocycles. The van der Waals surface area contributed by atoms with E-state index in [9.17, 15) is 14.4 Å². The van der Waals surface area contributed by atoms with Crippen molar-refractivity contribution in [3.63, 3.8) is 0 Å². The fourth-order valence-electron chi connectivity index (χ4n) is 2.05. The molecule has 1 rings (SSSR count). The van der Waals surface area contributed by atoms with Crippen LogP contribution in [0.25, 0.3) is 0 Å². The summed E-state index contributed by atoms with van der Waals surface area (Å²) in [4.78, 5) is 34.6. The Morgan fingerprint density at radius 3 is 2.55 bits per heavy atom. The first-order chi connectivity index (χ1) is 9.40. The van der Waals surface area contributed by atoms with Gasteiger partial charge in [0.05, 0.1) is 6.54 Å². The number of primary amides is 1. The number of carbonyl (C=O) groups is 3. The highest BCUT2D eigenvalue weighted by molar-refractivity contribution is 5.91. The molecule has 0 saturated carbocycles. The highest BCUT2D eigenvalue weighted by atomic mass is 16.5. The van der Waals surface area contributed by atoms with Gasteiger partial charge in [-0.05, 0) is 25.2 Å². The van der Waals surface area contributed by atoms with Gasteiger partial charge in [-0.1, -0.05) is 13.8 Å². The molecule has 20 heavy (non-hydrogen) atoms. The average Bonchev–Trinajstić information content (AvgIpc) is 2.88. The molecule has 0 aromatic heterocycles. The normalized spacial score (nSPS) is 19.6. The van der Waals surface area contributed by atoms with Crippen LogP contribution in [0.1, 0.15) is 33.1 Å². The largest absolute Gasteiger partial charge is 0.368 e. The van der Waals surface area contributed by atoms with E-state index in [1.54, 1.807) is 0 Å². The summed E-state index contributed by atoms with van der Waals surface area (Å²) < 4.78 is 5.28. The van der Waals surface area contributed by atoms with Crippen LogP contribution in [0.2, 0.25) is 0 Å². The Morgan fingerprint density at radius 1 is 1.35 bits per heavy atom. The third-order valence-corrected chi connectivity index (χ3v) is 3.00. The smallest absolute Gasteiger partial charge is 0.249 e. The molecule has 0 aromatic rings. The topological polar surface area (TPSA) is 111 Å². The van der Waals surface area contributed by atoms with E-state index >= 15 is 0 Å². The summed E-state index contributed by atoms with van der Waals surface area (Å²) in [5.74, 6) is -1.07. The van der Waals surface area contributed by atoms with Gasteiger partial charge in [-0.25, -0.2) is 0 Å². The fraction of sp³-hybridized carbons (Fsp3) is 0.769. The van der Waals surface area contributed by atoms with Crippen LogP contribution in [-0.4, -0.2) is 43.0 Å². The van der Waals surface area contributed by atoms with E-state index < -0.39 is 24.0 Å². The molecule has 0 spiro atoms. The van der Waals surface area contributed by atoms with Gasteiger partial charge >= 0.3 is 0 Å². The summed E-state index contributed by atoms with van der Waals surface area (Å²) in [6, 6.07) is -0.675. The monoisotopic (exact) mass is 285 g/mol. The van der Waals surface area contributed by atoms with Crippen LogP contribution in [-0.2, 0) is 19.1 Å². The molecular weight excluding hydrogens is 262 g/mol. The molecule has 2 atom stereocenters. The molecule has 7 nitrogen and oxygen atoms in total. The molecule has 1 heterocycles. The number of nitrogens with two attached hydrogens (primary N) is 1. The number of amides is 3. The van der Waals surface area contributed by atoms with Crippen molar-refractivity contribution in [2.24, 2.45) is 11.7 Å². The second kappa shape index (κ2) is 7.84. The van der Waals surface area contributed by atoms with Gasteiger partial charge in [0, 0.05) is 6.61 Å². The van der Waals surface area contributed by atoms with Crippen molar-refractivity contribution in [3.8, 4) is 0 Å². The molecule has 3 amide bonds. The minimum Gasteiger partial charge on any atom is -0.368 e. The second-order valence-corrected chi connectivity index (χ2v) is 5.38. The van der Waals surface area contributed by atoms with E-state index in [0.29, 0.717) is 19.4 Å². The van der Waals surface area contributed by atoms with Crippen LogP contribution in [0.15, 0.2) is 0 Å². The van der Waals surface area contributed by atoms with E-state index in [4.69, 9.17) is 10.5 Å². The van der Waals surface area contributed by atoms with Crippen molar-refractivity contribution >= 4 is 17.7 Å². The first kappa shape index (κ1) is 16.4. The van der Waals surface area contributed by atoms with Crippen LogP contribution in [0.4, 0.5) is 0 Å². The van der Waals surface area contributed by atoms with Crippen molar-refractivity contribution in [1.29, 1.82) is 0 Å².